The third kappa shape index (κ3) is 23.8. The maximum absolute atomic E-state index is 11.9. The quantitative estimate of drug-likeness (QED) is 0.121. The lowest BCUT2D eigenvalue weighted by molar-refractivity contribution is -0.146. The van der Waals surface area contributed by atoms with Crippen molar-refractivity contribution in [3.05, 3.63) is 0 Å². The van der Waals surface area contributed by atoms with Crippen molar-refractivity contribution in [2.24, 2.45) is 0 Å². The largest absolute Gasteiger partial charge is 0.466 e. The van der Waals surface area contributed by atoms with Gasteiger partial charge in [0.15, 0.2) is 0 Å². The summed E-state index contributed by atoms with van der Waals surface area (Å²) >= 11 is 0. The Morgan fingerprint density at radius 2 is 1.14 bits per heavy atom. The first-order valence-electron chi connectivity index (χ1n) is 13.1. The molecule has 0 saturated heterocycles. The van der Waals surface area contributed by atoms with Crippen molar-refractivity contribution in [3.8, 4) is 0 Å². The molecule has 0 fully saturated rings. The highest BCUT2D eigenvalue weighted by atomic mass is 16.5. The fraction of sp³-hybridized carbons (Fsp3) is 0.840. The van der Waals surface area contributed by atoms with E-state index in [-0.39, 0.29) is 69.1 Å². The average Bonchev–Trinajstić information content (AvgIpc) is 2.86. The number of unbranched alkanes of at least 4 members (excludes halogenated alkanes) is 1. The molecule has 0 aromatic rings. The third-order valence-electron chi connectivity index (χ3n) is 5.21. The number of rotatable bonds is 23. The summed E-state index contributed by atoms with van der Waals surface area (Å²) in [6, 6.07) is 0. The van der Waals surface area contributed by atoms with Gasteiger partial charge in [0.05, 0.1) is 45.4 Å². The van der Waals surface area contributed by atoms with E-state index in [9.17, 15) is 19.2 Å². The van der Waals surface area contributed by atoms with Crippen molar-refractivity contribution in [1.82, 2.24) is 20.4 Å². The van der Waals surface area contributed by atoms with Crippen LogP contribution in [0.25, 0.3) is 0 Å². The standard InChI is InChI=1S/C25H48N4O8/c1-21(2)35-20-12-27-23(32)8-14-29(4)16-10-25(34)37-19-6-5-18-36-24(33)9-15-28(3)13-7-22(31)26-11-17-30/h21,30H,5-20H2,1-4H3,(H,26,31)(H,27,32). The first-order valence-corrected chi connectivity index (χ1v) is 13.1. The number of nitrogens with one attached hydrogen (secondary N) is 2. The van der Waals surface area contributed by atoms with Crippen molar-refractivity contribution in [2.45, 2.75) is 58.5 Å². The summed E-state index contributed by atoms with van der Waals surface area (Å²) in [5.74, 6) is -0.796. The van der Waals surface area contributed by atoms with E-state index in [4.69, 9.17) is 19.3 Å². The highest BCUT2D eigenvalue weighted by molar-refractivity contribution is 5.76. The number of nitrogens with zero attached hydrogens (tertiary/aromatic N) is 2. The van der Waals surface area contributed by atoms with Gasteiger partial charge >= 0.3 is 11.9 Å². The van der Waals surface area contributed by atoms with E-state index in [1.165, 1.54) is 0 Å². The molecular formula is C25H48N4O8. The zero-order valence-electron chi connectivity index (χ0n) is 23.1. The van der Waals surface area contributed by atoms with Crippen molar-refractivity contribution < 1.29 is 38.5 Å². The minimum atomic E-state index is -0.311. The molecule has 12 nitrogen and oxygen atoms in total. The van der Waals surface area contributed by atoms with Crippen LogP contribution < -0.4 is 10.6 Å². The lowest BCUT2D eigenvalue weighted by Crippen LogP contribution is -2.32. The predicted molar refractivity (Wildman–Crippen MR) is 139 cm³/mol. The molecule has 0 aliphatic carbocycles. The fourth-order valence-corrected chi connectivity index (χ4v) is 2.95. The number of ether oxygens (including phenoxy) is 3. The topological polar surface area (TPSA) is 147 Å². The van der Waals surface area contributed by atoms with Gasteiger partial charge < -0.3 is 39.8 Å². The molecule has 0 aromatic heterocycles. The fourth-order valence-electron chi connectivity index (χ4n) is 2.95. The second-order valence-electron chi connectivity index (χ2n) is 9.10. The molecule has 0 aromatic carbocycles. The number of carbonyl (C=O) groups is 4. The Labute approximate surface area is 221 Å². The predicted octanol–water partition coefficient (Wildman–Crippen LogP) is -0.0733. The van der Waals surface area contributed by atoms with Crippen LogP contribution in [0.15, 0.2) is 0 Å². The Bertz CT molecular complexity index is 648. The Morgan fingerprint density at radius 1 is 0.703 bits per heavy atom. The van der Waals surface area contributed by atoms with Crippen LogP contribution in [-0.2, 0) is 33.4 Å². The summed E-state index contributed by atoms with van der Waals surface area (Å²) in [6.07, 6.45) is 2.45. The van der Waals surface area contributed by atoms with Crippen LogP contribution in [0.2, 0.25) is 0 Å². The van der Waals surface area contributed by atoms with Crippen LogP contribution in [0.4, 0.5) is 0 Å². The number of amides is 2. The van der Waals surface area contributed by atoms with Crippen molar-refractivity contribution in [3.63, 3.8) is 0 Å². The van der Waals surface area contributed by atoms with E-state index in [1.807, 2.05) is 37.7 Å². The minimum absolute atomic E-state index is 0.0474. The summed E-state index contributed by atoms with van der Waals surface area (Å²) < 4.78 is 15.8. The molecule has 0 radical (unpaired) electrons. The maximum Gasteiger partial charge on any atom is 0.307 e. The molecule has 0 heterocycles. The summed E-state index contributed by atoms with van der Waals surface area (Å²) in [7, 11) is 3.67. The molecule has 3 N–H and O–H groups in total. The number of esters is 2. The highest BCUT2D eigenvalue weighted by Crippen LogP contribution is 1.99. The van der Waals surface area contributed by atoms with Crippen LogP contribution in [0.1, 0.15) is 52.4 Å². The van der Waals surface area contributed by atoms with E-state index in [2.05, 4.69) is 10.6 Å². The number of hydrogen-bond acceptors (Lipinski definition) is 10. The van der Waals surface area contributed by atoms with Gasteiger partial charge in [-0.3, -0.25) is 19.2 Å². The van der Waals surface area contributed by atoms with E-state index in [1.54, 1.807) is 0 Å². The Kier molecular flexibility index (Phi) is 21.5. The first kappa shape index (κ1) is 34.7. The smallest absolute Gasteiger partial charge is 0.307 e. The van der Waals surface area contributed by atoms with E-state index in [0.717, 1.165) is 0 Å². The van der Waals surface area contributed by atoms with Gasteiger partial charge in [-0.05, 0) is 40.8 Å². The van der Waals surface area contributed by atoms with Crippen LogP contribution in [0.5, 0.6) is 0 Å². The molecule has 0 bridgehead atoms. The molecule has 37 heavy (non-hydrogen) atoms. The van der Waals surface area contributed by atoms with Crippen LogP contribution in [0, 0.1) is 0 Å². The molecule has 2 amide bonds. The average molecular weight is 533 g/mol. The summed E-state index contributed by atoms with van der Waals surface area (Å²) in [6.45, 7) is 7.57. The van der Waals surface area contributed by atoms with Crippen LogP contribution in [0.3, 0.4) is 0 Å². The summed E-state index contributed by atoms with van der Waals surface area (Å²) in [5, 5.41) is 14.0. The highest BCUT2D eigenvalue weighted by Gasteiger charge is 2.10. The van der Waals surface area contributed by atoms with Gasteiger partial charge in [0.2, 0.25) is 11.8 Å². The monoisotopic (exact) mass is 532 g/mol. The maximum atomic E-state index is 11.9. The van der Waals surface area contributed by atoms with Crippen molar-refractivity contribution in [1.29, 1.82) is 0 Å². The van der Waals surface area contributed by atoms with E-state index >= 15 is 0 Å². The third-order valence-corrected chi connectivity index (χ3v) is 5.21. The Balaban J connectivity index is 3.66. The lowest BCUT2D eigenvalue weighted by atomic mass is 10.3. The van der Waals surface area contributed by atoms with E-state index < -0.39 is 0 Å². The van der Waals surface area contributed by atoms with Gasteiger partial charge in [-0.2, -0.15) is 0 Å². The zero-order chi connectivity index (χ0) is 27.9. The second kappa shape index (κ2) is 22.9. The number of aliphatic hydroxyl groups is 1. The Morgan fingerprint density at radius 3 is 1.57 bits per heavy atom. The van der Waals surface area contributed by atoms with Gasteiger partial charge in [0.1, 0.15) is 0 Å². The van der Waals surface area contributed by atoms with Crippen molar-refractivity contribution in [2.75, 3.05) is 79.8 Å². The molecule has 0 atom stereocenters. The Hall–Kier alpha value is -2.28. The molecule has 0 aliphatic rings. The van der Waals surface area contributed by atoms with E-state index in [0.29, 0.717) is 65.0 Å². The summed E-state index contributed by atoms with van der Waals surface area (Å²) in [4.78, 5) is 50.8. The SMILES string of the molecule is CC(C)OCCNC(=O)CCN(C)CCC(=O)OCCCCOC(=O)CCN(C)CCC(=O)NCCO. The molecule has 0 saturated carbocycles. The number of hydrogen-bond donors (Lipinski definition) is 3. The number of aliphatic hydroxyl groups excluding tert-OH is 1. The molecule has 216 valence electrons. The lowest BCUT2D eigenvalue weighted by Gasteiger charge is -2.16. The summed E-state index contributed by atoms with van der Waals surface area (Å²) in [5.41, 5.74) is 0. The van der Waals surface area contributed by atoms with Crippen LogP contribution in [-0.4, -0.2) is 125 Å². The molecule has 0 unspecified atom stereocenters. The molecular weight excluding hydrogens is 484 g/mol. The van der Waals surface area contributed by atoms with Gasteiger partial charge in [0, 0.05) is 52.1 Å². The number of carbonyl (C=O) groups excluding carboxylic acids is 4. The zero-order valence-corrected chi connectivity index (χ0v) is 23.1. The second-order valence-corrected chi connectivity index (χ2v) is 9.10. The normalized spacial score (nSPS) is 11.1. The van der Waals surface area contributed by atoms with Gasteiger partial charge in [0.25, 0.3) is 0 Å². The van der Waals surface area contributed by atoms with Gasteiger partial charge in [-0.15, -0.1) is 0 Å². The van der Waals surface area contributed by atoms with Crippen molar-refractivity contribution >= 4 is 23.8 Å². The minimum Gasteiger partial charge on any atom is -0.466 e. The molecule has 0 aliphatic heterocycles. The van der Waals surface area contributed by atoms with Gasteiger partial charge in [-0.1, -0.05) is 0 Å². The molecule has 0 spiro atoms. The van der Waals surface area contributed by atoms with Gasteiger partial charge in [-0.25, -0.2) is 0 Å². The van der Waals surface area contributed by atoms with Crippen LogP contribution >= 0.6 is 0 Å². The first-order chi connectivity index (χ1) is 17.6. The molecule has 0 rings (SSSR count). The molecule has 12 heteroatoms.